The number of fused-ring (bicyclic) bond motifs is 1. The molecule has 1 aromatic heterocycles. The highest BCUT2D eigenvalue weighted by molar-refractivity contribution is 5.86. The standard InChI is InChI=1S/C19H27N3O/c1-2-3-5-13(12-23)8-11-17-18-15(14-9-10-14)6-4-7-16(18)21-19(20)22-17/h4,6-7,13-14,23H,2-3,5,8-12H2,1H3,(H2,20,21,22)/t13-/m0/s1. The van der Waals surface area contributed by atoms with Crippen LogP contribution in [0.2, 0.25) is 0 Å². The first-order valence-corrected chi connectivity index (χ1v) is 8.88. The maximum Gasteiger partial charge on any atom is 0.220 e. The summed E-state index contributed by atoms with van der Waals surface area (Å²) < 4.78 is 0. The Morgan fingerprint density at radius 1 is 1.26 bits per heavy atom. The van der Waals surface area contributed by atoms with Gasteiger partial charge in [-0.15, -0.1) is 0 Å². The first-order valence-electron chi connectivity index (χ1n) is 8.88. The molecule has 1 aromatic carbocycles. The minimum atomic E-state index is 0.258. The molecule has 4 heteroatoms. The lowest BCUT2D eigenvalue weighted by Gasteiger charge is -2.15. The van der Waals surface area contributed by atoms with Crippen molar-refractivity contribution in [3.8, 4) is 0 Å². The van der Waals surface area contributed by atoms with Crippen LogP contribution >= 0.6 is 0 Å². The Labute approximate surface area is 138 Å². The molecular formula is C19H27N3O. The molecule has 1 aliphatic rings. The zero-order valence-electron chi connectivity index (χ0n) is 14.0. The zero-order chi connectivity index (χ0) is 16.2. The number of hydrogen-bond acceptors (Lipinski definition) is 4. The van der Waals surface area contributed by atoms with E-state index in [2.05, 4.69) is 29.0 Å². The molecule has 0 unspecified atom stereocenters. The van der Waals surface area contributed by atoms with E-state index in [0.717, 1.165) is 30.5 Å². The summed E-state index contributed by atoms with van der Waals surface area (Å²) in [7, 11) is 0. The van der Waals surface area contributed by atoms with E-state index in [4.69, 9.17) is 5.73 Å². The van der Waals surface area contributed by atoms with Crippen LogP contribution in [0.25, 0.3) is 10.9 Å². The van der Waals surface area contributed by atoms with E-state index in [1.54, 1.807) is 0 Å². The lowest BCUT2D eigenvalue weighted by atomic mass is 9.94. The van der Waals surface area contributed by atoms with Gasteiger partial charge in [0, 0.05) is 12.0 Å². The summed E-state index contributed by atoms with van der Waals surface area (Å²) in [6.45, 7) is 2.45. The van der Waals surface area contributed by atoms with E-state index in [-0.39, 0.29) is 6.61 Å². The molecule has 23 heavy (non-hydrogen) atoms. The van der Waals surface area contributed by atoms with Crippen LogP contribution in [0.15, 0.2) is 18.2 Å². The van der Waals surface area contributed by atoms with Crippen molar-refractivity contribution in [1.82, 2.24) is 9.97 Å². The number of aliphatic hydroxyl groups excluding tert-OH is 1. The number of unbranched alkanes of at least 4 members (excludes halogenated alkanes) is 1. The van der Waals surface area contributed by atoms with Crippen molar-refractivity contribution in [2.45, 2.75) is 57.8 Å². The summed E-state index contributed by atoms with van der Waals surface area (Å²) >= 11 is 0. The van der Waals surface area contributed by atoms with Crippen molar-refractivity contribution in [2.75, 3.05) is 12.3 Å². The van der Waals surface area contributed by atoms with Crippen molar-refractivity contribution >= 4 is 16.9 Å². The van der Waals surface area contributed by atoms with E-state index in [1.165, 1.54) is 36.6 Å². The average Bonchev–Trinajstić information content (AvgIpc) is 3.39. The number of hydrogen-bond donors (Lipinski definition) is 2. The summed E-state index contributed by atoms with van der Waals surface area (Å²) in [6.07, 6.45) is 7.78. The largest absolute Gasteiger partial charge is 0.396 e. The van der Waals surface area contributed by atoms with Gasteiger partial charge in [-0.05, 0) is 55.6 Å². The monoisotopic (exact) mass is 313 g/mol. The Bertz CT molecular complexity index is 667. The molecule has 3 rings (SSSR count). The van der Waals surface area contributed by atoms with Crippen LogP contribution in [0.3, 0.4) is 0 Å². The Balaban J connectivity index is 1.87. The van der Waals surface area contributed by atoms with Crippen molar-refractivity contribution in [3.63, 3.8) is 0 Å². The number of rotatable bonds is 8. The second-order valence-corrected chi connectivity index (χ2v) is 6.77. The van der Waals surface area contributed by atoms with Crippen LogP contribution in [0, 0.1) is 5.92 Å². The third-order valence-corrected chi connectivity index (χ3v) is 4.88. The Morgan fingerprint density at radius 3 is 2.78 bits per heavy atom. The van der Waals surface area contributed by atoms with Crippen LogP contribution in [-0.4, -0.2) is 21.7 Å². The molecule has 1 heterocycles. The summed E-state index contributed by atoms with van der Waals surface area (Å²) in [4.78, 5) is 8.97. The molecule has 2 aromatic rings. The van der Waals surface area contributed by atoms with Crippen molar-refractivity contribution in [1.29, 1.82) is 0 Å². The van der Waals surface area contributed by atoms with Gasteiger partial charge in [0.15, 0.2) is 0 Å². The number of anilines is 1. The van der Waals surface area contributed by atoms with E-state index in [0.29, 0.717) is 17.8 Å². The molecule has 124 valence electrons. The Hall–Kier alpha value is -1.68. The molecule has 1 fully saturated rings. The number of nitrogens with two attached hydrogens (primary N) is 1. The van der Waals surface area contributed by atoms with Crippen molar-refractivity contribution in [2.24, 2.45) is 5.92 Å². The van der Waals surface area contributed by atoms with E-state index >= 15 is 0 Å². The molecule has 1 aliphatic carbocycles. The third-order valence-electron chi connectivity index (χ3n) is 4.88. The minimum absolute atomic E-state index is 0.258. The number of aromatic nitrogens is 2. The second kappa shape index (κ2) is 7.26. The highest BCUT2D eigenvalue weighted by atomic mass is 16.3. The van der Waals surface area contributed by atoms with Gasteiger partial charge < -0.3 is 10.8 Å². The van der Waals surface area contributed by atoms with Gasteiger partial charge in [0.05, 0.1) is 11.2 Å². The maximum atomic E-state index is 9.59. The molecule has 4 nitrogen and oxygen atoms in total. The molecule has 0 saturated heterocycles. The van der Waals surface area contributed by atoms with Gasteiger partial charge in [-0.2, -0.15) is 0 Å². The number of nitrogens with zero attached hydrogens (tertiary/aromatic N) is 2. The van der Waals surface area contributed by atoms with Gasteiger partial charge in [0.2, 0.25) is 5.95 Å². The molecule has 0 amide bonds. The topological polar surface area (TPSA) is 72.0 Å². The van der Waals surface area contributed by atoms with Gasteiger partial charge in [-0.25, -0.2) is 9.97 Å². The number of benzene rings is 1. The Kier molecular flexibility index (Phi) is 5.11. The van der Waals surface area contributed by atoms with E-state index in [9.17, 15) is 5.11 Å². The fourth-order valence-corrected chi connectivity index (χ4v) is 3.38. The zero-order valence-corrected chi connectivity index (χ0v) is 14.0. The van der Waals surface area contributed by atoms with E-state index in [1.807, 2.05) is 6.07 Å². The predicted octanol–water partition coefficient (Wildman–Crippen LogP) is 3.82. The fourth-order valence-electron chi connectivity index (χ4n) is 3.38. The van der Waals surface area contributed by atoms with Crippen molar-refractivity contribution < 1.29 is 5.11 Å². The molecule has 0 aliphatic heterocycles. The smallest absolute Gasteiger partial charge is 0.220 e. The number of aryl methyl sites for hydroxylation is 1. The lowest BCUT2D eigenvalue weighted by Crippen LogP contribution is -2.10. The first kappa shape index (κ1) is 16.2. The molecule has 0 bridgehead atoms. The summed E-state index contributed by atoms with van der Waals surface area (Å²) in [6, 6.07) is 6.32. The highest BCUT2D eigenvalue weighted by Crippen LogP contribution is 2.43. The van der Waals surface area contributed by atoms with Gasteiger partial charge in [-0.3, -0.25) is 0 Å². The van der Waals surface area contributed by atoms with Crippen LogP contribution < -0.4 is 5.73 Å². The number of aliphatic hydroxyl groups is 1. The third kappa shape index (κ3) is 3.81. The molecule has 3 N–H and O–H groups in total. The number of nitrogen functional groups attached to an aromatic ring is 1. The van der Waals surface area contributed by atoms with Crippen LogP contribution in [0.1, 0.15) is 62.6 Å². The quantitative estimate of drug-likeness (QED) is 0.777. The van der Waals surface area contributed by atoms with Crippen LogP contribution in [-0.2, 0) is 6.42 Å². The molecule has 1 atom stereocenters. The molecule has 1 saturated carbocycles. The second-order valence-electron chi connectivity index (χ2n) is 6.77. The first-order chi connectivity index (χ1) is 11.2. The van der Waals surface area contributed by atoms with Gasteiger partial charge in [0.25, 0.3) is 0 Å². The predicted molar refractivity (Wildman–Crippen MR) is 94.3 cm³/mol. The van der Waals surface area contributed by atoms with Crippen LogP contribution in [0.5, 0.6) is 0 Å². The SMILES string of the molecule is CCCC[C@H](CO)CCc1nc(N)nc2cccc(C3CC3)c12. The fraction of sp³-hybridized carbons (Fsp3) is 0.579. The van der Waals surface area contributed by atoms with Gasteiger partial charge >= 0.3 is 0 Å². The highest BCUT2D eigenvalue weighted by Gasteiger charge is 2.27. The molecule has 0 radical (unpaired) electrons. The maximum absolute atomic E-state index is 9.59. The summed E-state index contributed by atoms with van der Waals surface area (Å²) in [5, 5.41) is 10.8. The summed E-state index contributed by atoms with van der Waals surface area (Å²) in [5.74, 6) is 1.38. The normalized spacial score (nSPS) is 15.9. The average molecular weight is 313 g/mol. The van der Waals surface area contributed by atoms with Crippen LogP contribution in [0.4, 0.5) is 5.95 Å². The van der Waals surface area contributed by atoms with Gasteiger partial charge in [-0.1, -0.05) is 31.9 Å². The Morgan fingerprint density at radius 2 is 2.09 bits per heavy atom. The van der Waals surface area contributed by atoms with Crippen molar-refractivity contribution in [3.05, 3.63) is 29.5 Å². The lowest BCUT2D eigenvalue weighted by molar-refractivity contribution is 0.208. The van der Waals surface area contributed by atoms with Gasteiger partial charge in [0.1, 0.15) is 0 Å². The minimum Gasteiger partial charge on any atom is -0.396 e. The summed E-state index contributed by atoms with van der Waals surface area (Å²) in [5.41, 5.74) is 9.32. The molecular weight excluding hydrogens is 286 g/mol. The van der Waals surface area contributed by atoms with E-state index < -0.39 is 0 Å². The molecule has 0 spiro atoms.